The molecule has 4 heteroatoms. The van der Waals surface area contributed by atoms with Crippen LogP contribution in [0.3, 0.4) is 0 Å². The van der Waals surface area contributed by atoms with Crippen molar-refractivity contribution in [1.82, 2.24) is 0 Å². The zero-order valence-electron chi connectivity index (χ0n) is 17.2. The van der Waals surface area contributed by atoms with Crippen molar-refractivity contribution in [2.45, 2.75) is 89.9 Å². The van der Waals surface area contributed by atoms with Crippen LogP contribution in [0.2, 0.25) is 0 Å². The van der Waals surface area contributed by atoms with E-state index in [1.807, 2.05) is 31.2 Å². The fourth-order valence-electron chi connectivity index (χ4n) is 4.17. The Bertz CT molecular complexity index is 619. The monoisotopic (exact) mass is 389 g/mol. The molecule has 0 atom stereocenters. The minimum absolute atomic E-state index is 0.156. The van der Waals surface area contributed by atoms with Crippen LogP contribution in [0.1, 0.15) is 85.0 Å². The van der Waals surface area contributed by atoms with Crippen LogP contribution in [0.25, 0.3) is 0 Å². The molecule has 150 valence electrons. The summed E-state index contributed by atoms with van der Waals surface area (Å²) in [5.74, 6) is 0.759. The SMILES string of the molecule is CCCC(=O)Sc1ccccc1NC(=O)C1(CC(CC)CC)CCCCC1. The Balaban J connectivity index is 2.18. The van der Waals surface area contributed by atoms with Crippen molar-refractivity contribution >= 4 is 28.5 Å². The molecule has 1 aromatic carbocycles. The first-order chi connectivity index (χ1) is 13.0. The number of carbonyl (C=O) groups excluding carboxylic acids is 2. The Morgan fingerprint density at radius 3 is 2.37 bits per heavy atom. The van der Waals surface area contributed by atoms with E-state index in [2.05, 4.69) is 19.2 Å². The third-order valence-electron chi connectivity index (χ3n) is 5.94. The Morgan fingerprint density at radius 1 is 1.07 bits per heavy atom. The predicted octanol–water partition coefficient (Wildman–Crippen LogP) is 6.82. The number of carbonyl (C=O) groups is 2. The highest BCUT2D eigenvalue weighted by molar-refractivity contribution is 8.13. The molecule has 0 aromatic heterocycles. The molecule has 27 heavy (non-hydrogen) atoms. The van der Waals surface area contributed by atoms with Crippen LogP contribution in [0.4, 0.5) is 5.69 Å². The zero-order chi connectivity index (χ0) is 19.7. The maximum Gasteiger partial charge on any atom is 0.230 e. The van der Waals surface area contributed by atoms with Crippen molar-refractivity contribution in [1.29, 1.82) is 0 Å². The molecule has 0 spiro atoms. The lowest BCUT2D eigenvalue weighted by molar-refractivity contribution is -0.128. The van der Waals surface area contributed by atoms with Crippen LogP contribution in [0, 0.1) is 11.3 Å². The normalized spacial score (nSPS) is 16.3. The predicted molar refractivity (Wildman–Crippen MR) is 115 cm³/mol. The van der Waals surface area contributed by atoms with Crippen molar-refractivity contribution in [3.8, 4) is 0 Å². The van der Waals surface area contributed by atoms with Gasteiger partial charge in [0.15, 0.2) is 5.12 Å². The van der Waals surface area contributed by atoms with E-state index in [9.17, 15) is 9.59 Å². The van der Waals surface area contributed by atoms with Crippen molar-refractivity contribution in [2.75, 3.05) is 5.32 Å². The second-order valence-corrected chi connectivity index (χ2v) is 9.00. The molecule has 0 heterocycles. The van der Waals surface area contributed by atoms with Gasteiger partial charge in [-0.2, -0.15) is 0 Å². The van der Waals surface area contributed by atoms with Gasteiger partial charge in [-0.15, -0.1) is 0 Å². The van der Waals surface area contributed by atoms with Gasteiger partial charge in [-0.05, 0) is 55.5 Å². The van der Waals surface area contributed by atoms with Gasteiger partial charge in [0, 0.05) is 16.7 Å². The van der Waals surface area contributed by atoms with E-state index in [4.69, 9.17) is 0 Å². The third kappa shape index (κ3) is 6.10. The van der Waals surface area contributed by atoms with Crippen molar-refractivity contribution in [3.05, 3.63) is 24.3 Å². The van der Waals surface area contributed by atoms with Gasteiger partial charge in [0.2, 0.25) is 5.91 Å². The minimum Gasteiger partial charge on any atom is -0.325 e. The second-order valence-electron chi connectivity index (χ2n) is 7.90. The molecule has 1 saturated carbocycles. The first-order valence-electron chi connectivity index (χ1n) is 10.7. The summed E-state index contributed by atoms with van der Waals surface area (Å²) in [6.45, 7) is 6.47. The quantitative estimate of drug-likeness (QED) is 0.471. The lowest BCUT2D eigenvalue weighted by atomic mass is 9.67. The van der Waals surface area contributed by atoms with Gasteiger partial charge in [0.25, 0.3) is 0 Å². The molecule has 1 aliphatic rings. The Labute approximate surface area is 169 Å². The zero-order valence-corrected chi connectivity index (χ0v) is 18.0. The molecule has 0 radical (unpaired) electrons. The number of hydrogen-bond acceptors (Lipinski definition) is 3. The minimum atomic E-state index is -0.250. The van der Waals surface area contributed by atoms with Crippen LogP contribution in [-0.2, 0) is 9.59 Å². The average Bonchev–Trinajstić information content (AvgIpc) is 2.68. The molecule has 2 rings (SSSR count). The summed E-state index contributed by atoms with van der Waals surface area (Å²) >= 11 is 1.25. The molecule has 0 bridgehead atoms. The number of hydrogen-bond donors (Lipinski definition) is 1. The first kappa shape index (κ1) is 22.0. The van der Waals surface area contributed by atoms with Gasteiger partial charge < -0.3 is 5.32 Å². The van der Waals surface area contributed by atoms with Crippen LogP contribution < -0.4 is 5.32 Å². The van der Waals surface area contributed by atoms with Crippen LogP contribution in [0.5, 0.6) is 0 Å². The van der Waals surface area contributed by atoms with E-state index in [1.165, 1.54) is 18.2 Å². The smallest absolute Gasteiger partial charge is 0.230 e. The Hall–Kier alpha value is -1.29. The van der Waals surface area contributed by atoms with Gasteiger partial charge in [-0.3, -0.25) is 9.59 Å². The van der Waals surface area contributed by atoms with Gasteiger partial charge in [-0.25, -0.2) is 0 Å². The number of thioether (sulfide) groups is 1. The summed E-state index contributed by atoms with van der Waals surface area (Å²) in [4.78, 5) is 26.4. The number of benzene rings is 1. The molecular formula is C23H35NO2S. The Kier molecular flexibility index (Phi) is 8.88. The largest absolute Gasteiger partial charge is 0.325 e. The standard InChI is InChI=1S/C23H35NO2S/c1-4-12-21(25)27-20-14-9-8-13-19(20)24-22(26)23(15-10-7-11-16-23)17-18(5-2)6-3/h8-9,13-14,18H,4-7,10-12,15-17H2,1-3H3,(H,24,26). The molecule has 0 unspecified atom stereocenters. The topological polar surface area (TPSA) is 46.2 Å². The van der Waals surface area contributed by atoms with Gasteiger partial charge >= 0.3 is 0 Å². The second kappa shape index (κ2) is 10.9. The van der Waals surface area contributed by atoms with E-state index in [0.717, 1.165) is 61.9 Å². The van der Waals surface area contributed by atoms with Crippen molar-refractivity contribution in [2.24, 2.45) is 11.3 Å². The number of nitrogens with one attached hydrogen (secondary N) is 1. The summed E-state index contributed by atoms with van der Waals surface area (Å²) in [5, 5.41) is 3.37. The maximum atomic E-state index is 13.4. The van der Waals surface area contributed by atoms with Crippen LogP contribution in [-0.4, -0.2) is 11.0 Å². The molecule has 0 saturated heterocycles. The fraction of sp³-hybridized carbons (Fsp3) is 0.652. The highest BCUT2D eigenvalue weighted by Crippen LogP contribution is 2.44. The summed E-state index contributed by atoms with van der Waals surface area (Å²) in [6, 6.07) is 7.71. The van der Waals surface area contributed by atoms with Crippen molar-refractivity contribution < 1.29 is 9.59 Å². The molecule has 1 aliphatic carbocycles. The van der Waals surface area contributed by atoms with Crippen LogP contribution in [0.15, 0.2) is 29.2 Å². The molecule has 3 nitrogen and oxygen atoms in total. The summed E-state index contributed by atoms with van der Waals surface area (Å²) in [7, 11) is 0. The average molecular weight is 390 g/mol. The highest BCUT2D eigenvalue weighted by Gasteiger charge is 2.40. The maximum absolute atomic E-state index is 13.4. The molecule has 0 aliphatic heterocycles. The third-order valence-corrected chi connectivity index (χ3v) is 6.95. The highest BCUT2D eigenvalue weighted by atomic mass is 32.2. The number of anilines is 1. The number of para-hydroxylation sites is 1. The number of rotatable bonds is 9. The lowest BCUT2D eigenvalue weighted by Crippen LogP contribution is -2.39. The van der Waals surface area contributed by atoms with Gasteiger partial charge in [0.1, 0.15) is 0 Å². The van der Waals surface area contributed by atoms with E-state index < -0.39 is 0 Å². The van der Waals surface area contributed by atoms with Crippen molar-refractivity contribution in [3.63, 3.8) is 0 Å². The number of amides is 1. The Morgan fingerprint density at radius 2 is 1.74 bits per heavy atom. The summed E-state index contributed by atoms with van der Waals surface area (Å²) in [6.07, 6.45) is 10.1. The van der Waals surface area contributed by atoms with E-state index in [-0.39, 0.29) is 16.4 Å². The summed E-state index contributed by atoms with van der Waals surface area (Å²) in [5.41, 5.74) is 0.534. The fourth-order valence-corrected chi connectivity index (χ4v) is 5.10. The van der Waals surface area contributed by atoms with Gasteiger partial charge in [0.05, 0.1) is 5.69 Å². The molecule has 1 fully saturated rings. The van der Waals surface area contributed by atoms with E-state index in [0.29, 0.717) is 12.3 Å². The van der Waals surface area contributed by atoms with Gasteiger partial charge in [-0.1, -0.05) is 65.0 Å². The van der Waals surface area contributed by atoms with Crippen LogP contribution >= 0.6 is 11.8 Å². The molecule has 1 aromatic rings. The summed E-state index contributed by atoms with van der Waals surface area (Å²) < 4.78 is 0. The van der Waals surface area contributed by atoms with E-state index in [1.54, 1.807) is 0 Å². The molecular weight excluding hydrogens is 354 g/mol. The molecule has 1 N–H and O–H groups in total. The van der Waals surface area contributed by atoms with E-state index >= 15 is 0 Å². The lowest BCUT2D eigenvalue weighted by Gasteiger charge is -2.38. The molecule has 1 amide bonds. The first-order valence-corrected chi connectivity index (χ1v) is 11.5.